The van der Waals surface area contributed by atoms with E-state index < -0.39 is 11.9 Å². The van der Waals surface area contributed by atoms with Gasteiger partial charge in [-0.25, -0.2) is 0 Å². The van der Waals surface area contributed by atoms with E-state index in [2.05, 4.69) is 27.6 Å². The number of halogens is 3. The van der Waals surface area contributed by atoms with Crippen LogP contribution in [0.2, 0.25) is 0 Å². The van der Waals surface area contributed by atoms with E-state index in [1.54, 1.807) is 7.05 Å². The molecule has 5 nitrogen and oxygen atoms in total. The molecule has 0 amide bonds. The van der Waals surface area contributed by atoms with Gasteiger partial charge in [0.05, 0.1) is 0 Å². The normalized spacial score (nSPS) is 14.8. The van der Waals surface area contributed by atoms with Gasteiger partial charge in [0.25, 0.3) is 0 Å². The predicted molar refractivity (Wildman–Crippen MR) is 95.9 cm³/mol. The maximum Gasteiger partial charge on any atom is 0.435 e. The molecule has 0 saturated carbocycles. The van der Waals surface area contributed by atoms with E-state index >= 15 is 0 Å². The van der Waals surface area contributed by atoms with Crippen molar-refractivity contribution >= 4 is 5.96 Å². The first-order valence-corrected chi connectivity index (χ1v) is 8.34. The van der Waals surface area contributed by atoms with Crippen LogP contribution in [0.4, 0.5) is 13.2 Å². The summed E-state index contributed by atoms with van der Waals surface area (Å²) in [6, 6.07) is 10.1. The number of alkyl halides is 3. The number of rotatable bonds is 5. The molecule has 2 rings (SSSR count). The van der Waals surface area contributed by atoms with E-state index in [1.165, 1.54) is 18.8 Å². The molecule has 0 spiro atoms. The van der Waals surface area contributed by atoms with Gasteiger partial charge in [0.1, 0.15) is 0 Å². The molecule has 0 radical (unpaired) electrons. The molecule has 1 aromatic heterocycles. The zero-order valence-electron chi connectivity index (χ0n) is 15.3. The zero-order valence-corrected chi connectivity index (χ0v) is 15.3. The van der Waals surface area contributed by atoms with E-state index in [0.29, 0.717) is 5.96 Å². The number of hydrogen-bond donors (Lipinski definition) is 2. The standard InChI is InChI=1S/C18H24F3N5/c1-12(14-8-6-5-7-9-14)13(2)24-17(22-3)23-10-15-11-26(4)25-16(15)18(19,20)21/h5-9,11-13H,10H2,1-4H3,(H2,22,23,24). The topological polar surface area (TPSA) is 54.2 Å². The van der Waals surface area contributed by atoms with Gasteiger partial charge in [0, 0.05) is 44.4 Å². The van der Waals surface area contributed by atoms with Gasteiger partial charge in [0.2, 0.25) is 0 Å². The Balaban J connectivity index is 2.01. The van der Waals surface area contributed by atoms with Gasteiger partial charge in [0.15, 0.2) is 11.7 Å². The molecule has 142 valence electrons. The fraction of sp³-hybridized carbons (Fsp3) is 0.444. The Morgan fingerprint density at radius 1 is 1.23 bits per heavy atom. The van der Waals surface area contributed by atoms with Crippen molar-refractivity contribution in [2.75, 3.05) is 7.05 Å². The fourth-order valence-corrected chi connectivity index (χ4v) is 2.67. The zero-order chi connectivity index (χ0) is 19.3. The number of aryl methyl sites for hydroxylation is 1. The van der Waals surface area contributed by atoms with Crippen LogP contribution in [0.15, 0.2) is 41.5 Å². The van der Waals surface area contributed by atoms with Crippen LogP contribution in [0.25, 0.3) is 0 Å². The minimum atomic E-state index is -4.48. The van der Waals surface area contributed by atoms with Gasteiger partial charge in [-0.3, -0.25) is 9.67 Å². The van der Waals surface area contributed by atoms with Crippen molar-refractivity contribution < 1.29 is 13.2 Å². The first-order valence-electron chi connectivity index (χ1n) is 8.34. The maximum atomic E-state index is 13.0. The third-order valence-corrected chi connectivity index (χ3v) is 4.28. The Morgan fingerprint density at radius 3 is 2.46 bits per heavy atom. The summed E-state index contributed by atoms with van der Waals surface area (Å²) in [6.07, 6.45) is -3.12. The van der Waals surface area contributed by atoms with Crippen molar-refractivity contribution in [1.29, 1.82) is 0 Å². The van der Waals surface area contributed by atoms with E-state index in [9.17, 15) is 13.2 Å². The second kappa shape index (κ2) is 8.25. The molecule has 0 fully saturated rings. The second-order valence-electron chi connectivity index (χ2n) is 6.23. The number of nitrogens with one attached hydrogen (secondary N) is 2. The largest absolute Gasteiger partial charge is 0.435 e. The number of guanidine groups is 1. The van der Waals surface area contributed by atoms with Gasteiger partial charge in [-0.05, 0) is 12.5 Å². The van der Waals surface area contributed by atoms with Crippen molar-refractivity contribution in [1.82, 2.24) is 20.4 Å². The van der Waals surface area contributed by atoms with Gasteiger partial charge in [-0.1, -0.05) is 37.3 Å². The minimum Gasteiger partial charge on any atom is -0.353 e. The van der Waals surface area contributed by atoms with Crippen LogP contribution in [0, 0.1) is 0 Å². The number of aliphatic imine (C=N–C) groups is 1. The highest BCUT2D eigenvalue weighted by molar-refractivity contribution is 5.80. The van der Waals surface area contributed by atoms with Crippen LogP contribution < -0.4 is 10.6 Å². The van der Waals surface area contributed by atoms with Gasteiger partial charge in [-0.2, -0.15) is 18.3 Å². The molecule has 0 aliphatic rings. The van der Waals surface area contributed by atoms with Gasteiger partial charge in [-0.15, -0.1) is 0 Å². The number of hydrogen-bond acceptors (Lipinski definition) is 2. The van der Waals surface area contributed by atoms with Crippen LogP contribution in [0.5, 0.6) is 0 Å². The van der Waals surface area contributed by atoms with E-state index in [0.717, 1.165) is 4.68 Å². The van der Waals surface area contributed by atoms with Crippen molar-refractivity contribution in [3.63, 3.8) is 0 Å². The smallest absolute Gasteiger partial charge is 0.353 e. The summed E-state index contributed by atoms with van der Waals surface area (Å²) in [7, 11) is 3.05. The average Bonchev–Trinajstić information content (AvgIpc) is 2.99. The molecule has 2 N–H and O–H groups in total. The lowest BCUT2D eigenvalue weighted by Crippen LogP contribution is -2.44. The minimum absolute atomic E-state index is 0.0191. The number of aromatic nitrogens is 2. The Morgan fingerprint density at radius 2 is 1.88 bits per heavy atom. The van der Waals surface area contributed by atoms with E-state index in [1.807, 2.05) is 37.3 Å². The maximum absolute atomic E-state index is 13.0. The third-order valence-electron chi connectivity index (χ3n) is 4.28. The molecule has 0 saturated heterocycles. The Kier molecular flexibility index (Phi) is 6.28. The molecule has 2 aromatic rings. The Labute approximate surface area is 151 Å². The summed E-state index contributed by atoms with van der Waals surface area (Å²) in [6.45, 7) is 4.08. The van der Waals surface area contributed by atoms with Crippen molar-refractivity contribution in [3.8, 4) is 0 Å². The van der Waals surface area contributed by atoms with E-state index in [4.69, 9.17) is 0 Å². The van der Waals surface area contributed by atoms with Gasteiger partial charge < -0.3 is 10.6 Å². The highest BCUT2D eigenvalue weighted by atomic mass is 19.4. The number of nitrogens with zero attached hydrogens (tertiary/aromatic N) is 3. The monoisotopic (exact) mass is 367 g/mol. The molecule has 1 heterocycles. The summed E-state index contributed by atoms with van der Waals surface area (Å²) >= 11 is 0. The first kappa shape index (κ1) is 19.8. The summed E-state index contributed by atoms with van der Waals surface area (Å²) in [5.41, 5.74) is 0.370. The highest BCUT2D eigenvalue weighted by Gasteiger charge is 2.36. The predicted octanol–water partition coefficient (Wildman–Crippen LogP) is 3.30. The van der Waals surface area contributed by atoms with Crippen LogP contribution in [0.1, 0.15) is 36.6 Å². The van der Waals surface area contributed by atoms with Crippen molar-refractivity contribution in [2.45, 2.75) is 38.5 Å². The molecule has 0 aliphatic heterocycles. The van der Waals surface area contributed by atoms with Crippen LogP contribution in [0.3, 0.4) is 0 Å². The molecule has 0 bridgehead atoms. The summed E-state index contributed by atoms with van der Waals surface area (Å²) < 4.78 is 40.2. The van der Waals surface area contributed by atoms with Crippen molar-refractivity contribution in [3.05, 3.63) is 53.3 Å². The first-order chi connectivity index (χ1) is 12.2. The molecule has 8 heteroatoms. The van der Waals surface area contributed by atoms with Crippen LogP contribution >= 0.6 is 0 Å². The fourth-order valence-electron chi connectivity index (χ4n) is 2.67. The third kappa shape index (κ3) is 5.00. The highest BCUT2D eigenvalue weighted by Crippen LogP contribution is 2.30. The second-order valence-corrected chi connectivity index (χ2v) is 6.23. The lowest BCUT2D eigenvalue weighted by molar-refractivity contribution is -0.142. The summed E-state index contributed by atoms with van der Waals surface area (Å²) in [4.78, 5) is 4.10. The van der Waals surface area contributed by atoms with Crippen LogP contribution in [-0.2, 0) is 19.8 Å². The molecular formula is C18H24F3N5. The summed E-state index contributed by atoms with van der Waals surface area (Å²) in [5.74, 6) is 0.649. The molecule has 2 atom stereocenters. The SMILES string of the molecule is CN=C(NCc1cn(C)nc1C(F)(F)F)NC(C)C(C)c1ccccc1. The molecule has 26 heavy (non-hydrogen) atoms. The average molecular weight is 367 g/mol. The molecular weight excluding hydrogens is 343 g/mol. The lowest BCUT2D eigenvalue weighted by atomic mass is 9.94. The lowest BCUT2D eigenvalue weighted by Gasteiger charge is -2.24. The molecule has 2 unspecified atom stereocenters. The number of benzene rings is 1. The molecule has 1 aromatic carbocycles. The van der Waals surface area contributed by atoms with Gasteiger partial charge >= 0.3 is 6.18 Å². The van der Waals surface area contributed by atoms with Crippen LogP contribution in [-0.4, -0.2) is 28.8 Å². The Hall–Kier alpha value is -2.51. The molecule has 0 aliphatic carbocycles. The van der Waals surface area contributed by atoms with Crippen molar-refractivity contribution in [2.24, 2.45) is 12.0 Å². The van der Waals surface area contributed by atoms with E-state index in [-0.39, 0.29) is 24.1 Å². The Bertz CT molecular complexity index is 737. The summed E-state index contributed by atoms with van der Waals surface area (Å²) in [5, 5.41) is 9.67. The quantitative estimate of drug-likeness (QED) is 0.630.